The number of likely N-dealkylation sites (tertiary alicyclic amines) is 1. The van der Waals surface area contributed by atoms with Crippen LogP contribution >= 0.6 is 0 Å². The van der Waals surface area contributed by atoms with Gasteiger partial charge in [-0.3, -0.25) is 9.59 Å². The van der Waals surface area contributed by atoms with Gasteiger partial charge in [0.05, 0.1) is 11.8 Å². The molecular weight excluding hydrogens is 332 g/mol. The molecule has 0 bridgehead atoms. The van der Waals surface area contributed by atoms with Crippen molar-refractivity contribution in [2.45, 2.75) is 13.0 Å². The third-order valence-electron chi connectivity index (χ3n) is 4.47. The molecule has 26 heavy (non-hydrogen) atoms. The van der Waals surface area contributed by atoms with E-state index in [2.05, 4.69) is 0 Å². The number of rotatable bonds is 5. The summed E-state index contributed by atoms with van der Waals surface area (Å²) in [5, 5.41) is 10.8. The van der Waals surface area contributed by atoms with E-state index >= 15 is 0 Å². The normalized spacial score (nSPS) is 19.5. The minimum Gasteiger partial charge on any atom is -0.507 e. The first-order valence-electron chi connectivity index (χ1n) is 8.43. The molecule has 3 rings (SSSR count). The van der Waals surface area contributed by atoms with Crippen molar-refractivity contribution < 1.29 is 19.1 Å². The van der Waals surface area contributed by atoms with Crippen LogP contribution in [0, 0.1) is 6.92 Å². The van der Waals surface area contributed by atoms with Gasteiger partial charge >= 0.3 is 0 Å². The van der Waals surface area contributed by atoms with Crippen molar-refractivity contribution in [3.8, 4) is 0 Å². The number of aryl methyl sites for hydroxylation is 1. The summed E-state index contributed by atoms with van der Waals surface area (Å²) in [4.78, 5) is 28.7. The smallest absolute Gasteiger partial charge is 0.295 e. The lowest BCUT2D eigenvalue weighted by atomic mass is 9.99. The van der Waals surface area contributed by atoms with Crippen LogP contribution in [0.5, 0.6) is 0 Å². The monoisotopic (exact) mass is 354 g/mol. The Labute approximate surface area is 152 Å². The highest BCUT2D eigenvalue weighted by atomic mass is 16.3. The van der Waals surface area contributed by atoms with Crippen molar-refractivity contribution in [2.24, 2.45) is 0 Å². The maximum Gasteiger partial charge on any atom is 0.295 e. The van der Waals surface area contributed by atoms with Crippen LogP contribution in [-0.2, 0) is 9.59 Å². The Balaban J connectivity index is 2.09. The van der Waals surface area contributed by atoms with Crippen molar-refractivity contribution in [1.29, 1.82) is 0 Å². The number of ketones is 1. The molecule has 1 saturated heterocycles. The van der Waals surface area contributed by atoms with Crippen molar-refractivity contribution in [3.63, 3.8) is 0 Å². The summed E-state index contributed by atoms with van der Waals surface area (Å²) in [6.45, 7) is 2.88. The number of carbonyl (C=O) groups excluding carboxylic acids is 2. The van der Waals surface area contributed by atoms with Gasteiger partial charge in [0.1, 0.15) is 17.6 Å². The van der Waals surface area contributed by atoms with Crippen molar-refractivity contribution >= 4 is 17.4 Å². The van der Waals surface area contributed by atoms with Gasteiger partial charge in [0.25, 0.3) is 11.7 Å². The molecule has 0 spiro atoms. The molecule has 136 valence electrons. The second-order valence-electron chi connectivity index (χ2n) is 6.68. The Morgan fingerprint density at radius 2 is 1.88 bits per heavy atom. The Bertz CT molecular complexity index is 835. The van der Waals surface area contributed by atoms with Gasteiger partial charge < -0.3 is 19.3 Å². The summed E-state index contributed by atoms with van der Waals surface area (Å²) >= 11 is 0. The van der Waals surface area contributed by atoms with Gasteiger partial charge in [-0.2, -0.15) is 0 Å². The van der Waals surface area contributed by atoms with E-state index in [0.29, 0.717) is 24.4 Å². The maximum atomic E-state index is 12.7. The van der Waals surface area contributed by atoms with Crippen LogP contribution < -0.4 is 0 Å². The fourth-order valence-corrected chi connectivity index (χ4v) is 3.03. The quantitative estimate of drug-likeness (QED) is 0.507. The molecular formula is C20H22N2O4. The highest BCUT2D eigenvalue weighted by Crippen LogP contribution is 2.39. The number of hydrogen-bond donors (Lipinski definition) is 1. The van der Waals surface area contributed by atoms with Crippen molar-refractivity contribution in [2.75, 3.05) is 27.2 Å². The number of aliphatic hydroxyl groups excluding tert-OH is 1. The zero-order valence-electron chi connectivity index (χ0n) is 15.1. The number of furan rings is 1. The number of Topliss-reactive ketones (excluding diaryl/α,β-unsaturated/α-hetero) is 1. The predicted molar refractivity (Wildman–Crippen MR) is 97.5 cm³/mol. The first-order chi connectivity index (χ1) is 12.4. The number of nitrogens with zero attached hydrogens (tertiary/aromatic N) is 2. The van der Waals surface area contributed by atoms with Crippen LogP contribution in [0.3, 0.4) is 0 Å². The van der Waals surface area contributed by atoms with Crippen molar-refractivity contribution in [1.82, 2.24) is 9.80 Å². The number of carbonyl (C=O) groups is 2. The van der Waals surface area contributed by atoms with E-state index < -0.39 is 17.7 Å². The molecule has 0 unspecified atom stereocenters. The van der Waals surface area contributed by atoms with E-state index in [1.807, 2.05) is 38.1 Å². The van der Waals surface area contributed by atoms with E-state index in [1.54, 1.807) is 24.3 Å². The molecule has 1 amide bonds. The number of benzene rings is 1. The minimum absolute atomic E-state index is 0.0626. The summed E-state index contributed by atoms with van der Waals surface area (Å²) < 4.78 is 5.48. The molecule has 1 aliphatic heterocycles. The van der Waals surface area contributed by atoms with E-state index in [-0.39, 0.29) is 11.3 Å². The molecule has 6 heteroatoms. The molecule has 0 saturated carbocycles. The largest absolute Gasteiger partial charge is 0.507 e. The highest BCUT2D eigenvalue weighted by Gasteiger charge is 2.47. The molecule has 2 aromatic rings. The van der Waals surface area contributed by atoms with Gasteiger partial charge in [0, 0.05) is 18.7 Å². The predicted octanol–water partition coefficient (Wildman–Crippen LogP) is 2.57. The zero-order chi connectivity index (χ0) is 18.8. The molecule has 6 nitrogen and oxygen atoms in total. The summed E-state index contributed by atoms with van der Waals surface area (Å²) in [6, 6.07) is 9.84. The average molecular weight is 354 g/mol. The number of hydrogen-bond acceptors (Lipinski definition) is 5. The minimum atomic E-state index is -0.730. The summed E-state index contributed by atoms with van der Waals surface area (Å²) in [6.07, 6.45) is 1.49. The van der Waals surface area contributed by atoms with Gasteiger partial charge in [0.15, 0.2) is 0 Å². The van der Waals surface area contributed by atoms with E-state index in [1.165, 1.54) is 11.2 Å². The molecule has 1 N–H and O–H groups in total. The lowest BCUT2D eigenvalue weighted by Gasteiger charge is -2.24. The maximum absolute atomic E-state index is 12.7. The lowest BCUT2D eigenvalue weighted by Crippen LogP contribution is -2.35. The van der Waals surface area contributed by atoms with E-state index in [9.17, 15) is 14.7 Å². The molecule has 1 aromatic heterocycles. The van der Waals surface area contributed by atoms with Gasteiger partial charge in [-0.25, -0.2) is 0 Å². The van der Waals surface area contributed by atoms with Crippen LogP contribution in [0.15, 0.2) is 52.7 Å². The first kappa shape index (κ1) is 17.9. The molecule has 1 aliphatic rings. The van der Waals surface area contributed by atoms with Crippen molar-refractivity contribution in [3.05, 3.63) is 65.1 Å². The fourth-order valence-electron chi connectivity index (χ4n) is 3.03. The Morgan fingerprint density at radius 3 is 2.46 bits per heavy atom. The summed E-state index contributed by atoms with van der Waals surface area (Å²) in [5.41, 5.74) is 1.60. The topological polar surface area (TPSA) is 74.0 Å². The molecule has 2 heterocycles. The average Bonchev–Trinajstić information content (AvgIpc) is 3.21. The van der Waals surface area contributed by atoms with Crippen LogP contribution in [0.4, 0.5) is 0 Å². The second kappa shape index (κ2) is 7.17. The summed E-state index contributed by atoms with van der Waals surface area (Å²) in [5.74, 6) is -1.04. The molecule has 0 aliphatic carbocycles. The number of aliphatic hydroxyl groups is 1. The molecule has 1 aromatic carbocycles. The molecule has 1 atom stereocenters. The van der Waals surface area contributed by atoms with Gasteiger partial charge in [-0.15, -0.1) is 0 Å². The van der Waals surface area contributed by atoms with E-state index in [4.69, 9.17) is 4.42 Å². The fraction of sp³-hybridized carbons (Fsp3) is 0.300. The van der Waals surface area contributed by atoms with E-state index in [0.717, 1.165) is 5.56 Å². The molecule has 0 radical (unpaired) electrons. The van der Waals surface area contributed by atoms with Crippen LogP contribution in [0.2, 0.25) is 0 Å². The third kappa shape index (κ3) is 3.28. The van der Waals surface area contributed by atoms with Gasteiger partial charge in [-0.1, -0.05) is 29.8 Å². The lowest BCUT2D eigenvalue weighted by molar-refractivity contribution is -0.140. The molecule has 1 fully saturated rings. The third-order valence-corrected chi connectivity index (χ3v) is 4.47. The zero-order valence-corrected chi connectivity index (χ0v) is 15.1. The SMILES string of the molecule is Cc1ccc(/C(O)=C2\C(=O)C(=O)N(CCN(C)C)[C@@H]2c2ccco2)cc1. The Kier molecular flexibility index (Phi) is 4.95. The van der Waals surface area contributed by atoms with Crippen LogP contribution in [0.1, 0.15) is 22.9 Å². The number of amides is 1. The standard InChI is InChI=1S/C20H22N2O4/c1-13-6-8-14(9-7-13)18(23)16-17(15-5-4-12-26-15)22(11-10-21(2)3)20(25)19(16)24/h4-9,12,17,23H,10-11H2,1-3H3/b18-16+/t17-/m1/s1. The first-order valence-corrected chi connectivity index (χ1v) is 8.43. The van der Waals surface area contributed by atoms with Crippen LogP contribution in [-0.4, -0.2) is 53.8 Å². The van der Waals surface area contributed by atoms with Gasteiger partial charge in [-0.05, 0) is 33.2 Å². The highest BCUT2D eigenvalue weighted by molar-refractivity contribution is 6.46. The van der Waals surface area contributed by atoms with Crippen LogP contribution in [0.25, 0.3) is 5.76 Å². The van der Waals surface area contributed by atoms with Gasteiger partial charge in [0.2, 0.25) is 0 Å². The Morgan fingerprint density at radius 1 is 1.19 bits per heavy atom. The Hall–Kier alpha value is -2.86. The summed E-state index contributed by atoms with van der Waals surface area (Å²) in [7, 11) is 3.79. The number of likely N-dealkylation sites (N-methyl/N-ethyl adjacent to an activating group) is 1. The second-order valence-corrected chi connectivity index (χ2v) is 6.68.